The molecule has 0 saturated carbocycles. The third-order valence-corrected chi connectivity index (χ3v) is 4.16. The Hall–Kier alpha value is -3.10. The van der Waals surface area contributed by atoms with E-state index < -0.39 is 5.97 Å². The van der Waals surface area contributed by atoms with E-state index in [1.165, 1.54) is 0 Å². The highest BCUT2D eigenvalue weighted by atomic mass is 35.5. The molecule has 136 valence electrons. The molecule has 27 heavy (non-hydrogen) atoms. The summed E-state index contributed by atoms with van der Waals surface area (Å²) in [5.74, 6) is 5.77. The van der Waals surface area contributed by atoms with Crippen molar-refractivity contribution in [3.63, 3.8) is 0 Å². The molecule has 6 heteroatoms. The second-order valence-electron chi connectivity index (χ2n) is 5.86. The van der Waals surface area contributed by atoms with E-state index in [2.05, 4.69) is 21.8 Å². The van der Waals surface area contributed by atoms with Gasteiger partial charge in [0, 0.05) is 28.7 Å². The van der Waals surface area contributed by atoms with Gasteiger partial charge in [-0.05, 0) is 51.1 Å². The van der Waals surface area contributed by atoms with Crippen LogP contribution in [0, 0.1) is 25.7 Å². The number of aromatic nitrogens is 3. The number of halogens is 1. The van der Waals surface area contributed by atoms with Crippen molar-refractivity contribution < 1.29 is 9.53 Å². The van der Waals surface area contributed by atoms with Gasteiger partial charge >= 0.3 is 5.97 Å². The van der Waals surface area contributed by atoms with E-state index in [1.807, 2.05) is 30.5 Å². The molecular formula is C21H18ClN3O2. The van der Waals surface area contributed by atoms with Crippen LogP contribution >= 0.6 is 11.6 Å². The van der Waals surface area contributed by atoms with Crippen LogP contribution in [0.4, 0.5) is 0 Å². The minimum Gasteiger partial charge on any atom is -0.461 e. The lowest BCUT2D eigenvalue weighted by atomic mass is 10.2. The van der Waals surface area contributed by atoms with Gasteiger partial charge in [0.2, 0.25) is 0 Å². The molecule has 3 rings (SSSR count). The summed E-state index contributed by atoms with van der Waals surface area (Å²) < 4.78 is 7.02. The molecule has 0 saturated heterocycles. The van der Waals surface area contributed by atoms with E-state index in [0.717, 1.165) is 28.2 Å². The lowest BCUT2D eigenvalue weighted by Gasteiger charge is -2.10. The van der Waals surface area contributed by atoms with Crippen molar-refractivity contribution in [2.24, 2.45) is 0 Å². The second-order valence-corrected chi connectivity index (χ2v) is 6.25. The van der Waals surface area contributed by atoms with Gasteiger partial charge in [0.1, 0.15) is 10.8 Å². The maximum absolute atomic E-state index is 12.5. The molecule has 5 nitrogen and oxygen atoms in total. The number of esters is 1. The first-order chi connectivity index (χ1) is 13.0. The van der Waals surface area contributed by atoms with Gasteiger partial charge in [-0.3, -0.25) is 4.98 Å². The van der Waals surface area contributed by atoms with Gasteiger partial charge in [-0.25, -0.2) is 9.78 Å². The average molecular weight is 380 g/mol. The average Bonchev–Trinajstić information content (AvgIpc) is 2.98. The van der Waals surface area contributed by atoms with Crippen LogP contribution in [0.15, 0.2) is 42.7 Å². The summed E-state index contributed by atoms with van der Waals surface area (Å²) in [5, 5.41) is 0.383. The van der Waals surface area contributed by atoms with E-state index >= 15 is 0 Å². The fraction of sp³-hybridized carbons (Fsp3) is 0.190. The van der Waals surface area contributed by atoms with Crippen LogP contribution in [-0.4, -0.2) is 27.1 Å². The Morgan fingerprint density at radius 1 is 1.19 bits per heavy atom. The number of hydrogen-bond donors (Lipinski definition) is 0. The van der Waals surface area contributed by atoms with Crippen LogP contribution in [-0.2, 0) is 4.74 Å². The van der Waals surface area contributed by atoms with Crippen LogP contribution in [0.1, 0.15) is 39.9 Å². The van der Waals surface area contributed by atoms with Gasteiger partial charge in [0.05, 0.1) is 18.5 Å². The quantitative estimate of drug-likeness (QED) is 0.390. The van der Waals surface area contributed by atoms with Gasteiger partial charge in [0.25, 0.3) is 0 Å². The maximum Gasteiger partial charge on any atom is 0.355 e. The van der Waals surface area contributed by atoms with Crippen molar-refractivity contribution in [1.82, 2.24) is 14.5 Å². The van der Waals surface area contributed by atoms with Gasteiger partial charge in [0.15, 0.2) is 0 Å². The van der Waals surface area contributed by atoms with Crippen molar-refractivity contribution >= 4 is 17.6 Å². The standard InChI is InChI=1S/C21H18ClN3O2/c1-4-27-21(26)19-12-17(7-6-16-9-10-23-20(22)11-16)15(3)25(19)18-8-5-14(2)24-13-18/h5,8-13H,4H2,1-3H3. The summed E-state index contributed by atoms with van der Waals surface area (Å²) in [4.78, 5) is 20.7. The lowest BCUT2D eigenvalue weighted by molar-refractivity contribution is 0.0517. The van der Waals surface area contributed by atoms with Crippen LogP contribution < -0.4 is 0 Å². The van der Waals surface area contributed by atoms with Crippen molar-refractivity contribution in [2.75, 3.05) is 6.61 Å². The predicted molar refractivity (Wildman–Crippen MR) is 104 cm³/mol. The fourth-order valence-electron chi connectivity index (χ4n) is 2.63. The summed E-state index contributed by atoms with van der Waals surface area (Å²) in [7, 11) is 0. The van der Waals surface area contributed by atoms with E-state index in [0.29, 0.717) is 17.5 Å². The summed E-state index contributed by atoms with van der Waals surface area (Å²) in [6, 6.07) is 9.02. The number of carbonyl (C=O) groups is 1. The Balaban J connectivity index is 2.10. The lowest BCUT2D eigenvalue weighted by Crippen LogP contribution is -2.12. The van der Waals surface area contributed by atoms with Crippen LogP contribution in [0.5, 0.6) is 0 Å². The molecule has 0 unspecified atom stereocenters. The molecule has 0 radical (unpaired) electrons. The topological polar surface area (TPSA) is 57.0 Å². The van der Waals surface area contributed by atoms with Crippen LogP contribution in [0.25, 0.3) is 5.69 Å². The van der Waals surface area contributed by atoms with E-state index in [4.69, 9.17) is 16.3 Å². The van der Waals surface area contributed by atoms with Gasteiger partial charge in [-0.1, -0.05) is 23.4 Å². The van der Waals surface area contributed by atoms with Gasteiger partial charge in [-0.15, -0.1) is 0 Å². The number of aryl methyl sites for hydroxylation is 1. The number of carbonyl (C=O) groups excluding carboxylic acids is 1. The van der Waals surface area contributed by atoms with Crippen molar-refractivity contribution in [3.05, 3.63) is 76.1 Å². The smallest absolute Gasteiger partial charge is 0.355 e. The molecule has 3 aromatic heterocycles. The summed E-state index contributed by atoms with van der Waals surface area (Å²) >= 11 is 5.91. The normalized spacial score (nSPS) is 10.2. The number of ether oxygens (including phenoxy) is 1. The minimum absolute atomic E-state index is 0.297. The molecule has 0 aliphatic heterocycles. The fourth-order valence-corrected chi connectivity index (χ4v) is 2.81. The maximum atomic E-state index is 12.5. The number of nitrogens with zero attached hydrogens (tertiary/aromatic N) is 3. The highest BCUT2D eigenvalue weighted by Crippen LogP contribution is 2.21. The van der Waals surface area contributed by atoms with E-state index in [9.17, 15) is 4.79 Å². The first kappa shape index (κ1) is 18.7. The Bertz CT molecular complexity index is 1040. The third-order valence-electron chi connectivity index (χ3n) is 3.95. The van der Waals surface area contributed by atoms with Crippen molar-refractivity contribution in [2.45, 2.75) is 20.8 Å². The Morgan fingerprint density at radius 2 is 2.00 bits per heavy atom. The SMILES string of the molecule is CCOC(=O)c1cc(C#Cc2ccnc(Cl)c2)c(C)n1-c1ccc(C)nc1. The molecule has 0 amide bonds. The Morgan fingerprint density at radius 3 is 2.67 bits per heavy atom. The highest BCUT2D eigenvalue weighted by molar-refractivity contribution is 6.29. The zero-order valence-corrected chi connectivity index (χ0v) is 16.0. The zero-order valence-electron chi connectivity index (χ0n) is 15.3. The molecule has 3 heterocycles. The highest BCUT2D eigenvalue weighted by Gasteiger charge is 2.19. The molecular weight excluding hydrogens is 362 g/mol. The van der Waals surface area contributed by atoms with E-state index in [-0.39, 0.29) is 0 Å². The van der Waals surface area contributed by atoms with Gasteiger partial charge in [-0.2, -0.15) is 0 Å². The monoisotopic (exact) mass is 379 g/mol. The molecule has 0 aliphatic rings. The Labute approximate surface area is 163 Å². The predicted octanol–water partition coefficient (Wildman–Crippen LogP) is 4.11. The molecule has 0 spiro atoms. The second kappa shape index (κ2) is 8.07. The zero-order chi connectivity index (χ0) is 19.4. The Kier molecular flexibility index (Phi) is 5.58. The molecule has 0 bridgehead atoms. The third kappa shape index (κ3) is 4.18. The molecule has 0 N–H and O–H groups in total. The van der Waals surface area contributed by atoms with Gasteiger partial charge < -0.3 is 9.30 Å². The first-order valence-corrected chi connectivity index (χ1v) is 8.83. The molecule has 0 atom stereocenters. The number of hydrogen-bond acceptors (Lipinski definition) is 4. The summed E-state index contributed by atoms with van der Waals surface area (Å²) in [5.41, 5.74) is 4.40. The van der Waals surface area contributed by atoms with E-state index in [1.54, 1.807) is 37.5 Å². The van der Waals surface area contributed by atoms with Crippen LogP contribution in [0.3, 0.4) is 0 Å². The summed E-state index contributed by atoms with van der Waals surface area (Å²) in [6.07, 6.45) is 3.33. The minimum atomic E-state index is -0.402. The molecule has 0 aromatic carbocycles. The molecule has 0 aliphatic carbocycles. The molecule has 0 fully saturated rings. The summed E-state index contributed by atoms with van der Waals surface area (Å²) in [6.45, 7) is 5.90. The molecule has 3 aromatic rings. The number of pyridine rings is 2. The van der Waals surface area contributed by atoms with Crippen LogP contribution in [0.2, 0.25) is 5.15 Å². The first-order valence-electron chi connectivity index (χ1n) is 8.45. The number of rotatable bonds is 3. The van der Waals surface area contributed by atoms with Crippen molar-refractivity contribution in [3.8, 4) is 17.5 Å². The largest absolute Gasteiger partial charge is 0.461 e. The van der Waals surface area contributed by atoms with Crippen molar-refractivity contribution in [1.29, 1.82) is 0 Å².